The van der Waals surface area contributed by atoms with E-state index in [4.69, 9.17) is 4.42 Å². The van der Waals surface area contributed by atoms with Crippen LogP contribution in [0, 0.1) is 0 Å². The molecular formula is C19H27NO2. The molecule has 1 atom stereocenters. The fraction of sp³-hybridized carbons (Fsp3) is 0.474. The van der Waals surface area contributed by atoms with Crippen LogP contribution < -0.4 is 5.32 Å². The topological polar surface area (TPSA) is 45.4 Å². The third-order valence-electron chi connectivity index (χ3n) is 3.85. The summed E-state index contributed by atoms with van der Waals surface area (Å²) in [7, 11) is 0. The SMILES string of the molecule is CCCCCCNCc1ccc(-c2ccc(C(C)O)cc2)o1. The minimum absolute atomic E-state index is 0.432. The van der Waals surface area contributed by atoms with E-state index in [0.717, 1.165) is 35.7 Å². The highest BCUT2D eigenvalue weighted by molar-refractivity contribution is 5.58. The summed E-state index contributed by atoms with van der Waals surface area (Å²) in [6, 6.07) is 11.9. The highest BCUT2D eigenvalue weighted by Crippen LogP contribution is 2.24. The van der Waals surface area contributed by atoms with E-state index in [2.05, 4.69) is 12.2 Å². The molecule has 0 saturated carbocycles. The number of benzene rings is 1. The number of furan rings is 1. The van der Waals surface area contributed by atoms with E-state index in [9.17, 15) is 5.11 Å². The maximum absolute atomic E-state index is 9.53. The van der Waals surface area contributed by atoms with Crippen LogP contribution in [-0.4, -0.2) is 11.7 Å². The van der Waals surface area contributed by atoms with Gasteiger partial charge in [0.25, 0.3) is 0 Å². The second kappa shape index (κ2) is 8.76. The zero-order valence-electron chi connectivity index (χ0n) is 13.6. The van der Waals surface area contributed by atoms with Crippen molar-refractivity contribution < 1.29 is 9.52 Å². The van der Waals surface area contributed by atoms with Crippen LogP contribution in [0.15, 0.2) is 40.8 Å². The Morgan fingerprint density at radius 2 is 1.82 bits per heavy atom. The van der Waals surface area contributed by atoms with Crippen LogP contribution in [0.5, 0.6) is 0 Å². The monoisotopic (exact) mass is 301 g/mol. The van der Waals surface area contributed by atoms with Gasteiger partial charge in [-0.3, -0.25) is 0 Å². The van der Waals surface area contributed by atoms with Crippen LogP contribution in [0.2, 0.25) is 0 Å². The van der Waals surface area contributed by atoms with Crippen molar-refractivity contribution in [2.75, 3.05) is 6.54 Å². The quantitative estimate of drug-likeness (QED) is 0.662. The third-order valence-corrected chi connectivity index (χ3v) is 3.85. The molecule has 0 aliphatic carbocycles. The molecule has 1 aromatic carbocycles. The first kappa shape index (κ1) is 16.8. The summed E-state index contributed by atoms with van der Waals surface area (Å²) in [5, 5.41) is 13.0. The van der Waals surface area contributed by atoms with Crippen molar-refractivity contribution in [2.45, 2.75) is 52.2 Å². The lowest BCUT2D eigenvalue weighted by Gasteiger charge is -2.05. The fourth-order valence-corrected chi connectivity index (χ4v) is 2.44. The first-order valence-electron chi connectivity index (χ1n) is 8.28. The summed E-state index contributed by atoms with van der Waals surface area (Å²) in [5.41, 5.74) is 1.96. The number of rotatable bonds is 9. The van der Waals surface area contributed by atoms with Gasteiger partial charge in [0, 0.05) is 5.56 Å². The van der Waals surface area contributed by atoms with Crippen LogP contribution in [0.4, 0.5) is 0 Å². The van der Waals surface area contributed by atoms with Crippen LogP contribution in [0.25, 0.3) is 11.3 Å². The van der Waals surface area contributed by atoms with Crippen molar-refractivity contribution in [1.82, 2.24) is 5.32 Å². The van der Waals surface area contributed by atoms with Gasteiger partial charge in [0.15, 0.2) is 0 Å². The lowest BCUT2D eigenvalue weighted by molar-refractivity contribution is 0.199. The minimum atomic E-state index is -0.432. The van der Waals surface area contributed by atoms with E-state index in [1.54, 1.807) is 6.92 Å². The molecule has 0 spiro atoms. The molecule has 0 radical (unpaired) electrons. The number of hydrogen-bond donors (Lipinski definition) is 2. The van der Waals surface area contributed by atoms with E-state index in [0.29, 0.717) is 0 Å². The van der Waals surface area contributed by atoms with Crippen LogP contribution in [0.3, 0.4) is 0 Å². The number of nitrogens with one attached hydrogen (secondary N) is 1. The molecule has 0 bridgehead atoms. The molecular weight excluding hydrogens is 274 g/mol. The second-order valence-electron chi connectivity index (χ2n) is 5.80. The molecule has 0 saturated heterocycles. The summed E-state index contributed by atoms with van der Waals surface area (Å²) in [4.78, 5) is 0. The van der Waals surface area contributed by atoms with Crippen LogP contribution >= 0.6 is 0 Å². The molecule has 2 rings (SSSR count). The molecule has 22 heavy (non-hydrogen) atoms. The Bertz CT molecular complexity index is 543. The molecule has 0 amide bonds. The molecule has 1 heterocycles. The Kier molecular flexibility index (Phi) is 6.69. The van der Waals surface area contributed by atoms with Gasteiger partial charge in [0.2, 0.25) is 0 Å². The fourth-order valence-electron chi connectivity index (χ4n) is 2.44. The van der Waals surface area contributed by atoms with Crippen LogP contribution in [0.1, 0.15) is 57.0 Å². The van der Waals surface area contributed by atoms with E-state index < -0.39 is 6.10 Å². The maximum atomic E-state index is 9.53. The Hall–Kier alpha value is -1.58. The zero-order valence-corrected chi connectivity index (χ0v) is 13.6. The van der Waals surface area contributed by atoms with Crippen LogP contribution in [-0.2, 0) is 6.54 Å². The first-order valence-corrected chi connectivity index (χ1v) is 8.28. The predicted molar refractivity (Wildman–Crippen MR) is 90.6 cm³/mol. The molecule has 3 heteroatoms. The molecule has 2 N–H and O–H groups in total. The van der Waals surface area contributed by atoms with Gasteiger partial charge in [-0.2, -0.15) is 0 Å². The van der Waals surface area contributed by atoms with E-state index in [1.165, 1.54) is 25.7 Å². The molecule has 3 nitrogen and oxygen atoms in total. The number of aliphatic hydroxyl groups excluding tert-OH is 1. The van der Waals surface area contributed by atoms with E-state index >= 15 is 0 Å². The van der Waals surface area contributed by atoms with Gasteiger partial charge in [-0.25, -0.2) is 0 Å². The number of hydrogen-bond acceptors (Lipinski definition) is 3. The van der Waals surface area contributed by atoms with Gasteiger partial charge in [0.05, 0.1) is 12.6 Å². The van der Waals surface area contributed by atoms with Crippen molar-refractivity contribution >= 4 is 0 Å². The van der Waals surface area contributed by atoms with Crippen molar-refractivity contribution in [1.29, 1.82) is 0 Å². The van der Waals surface area contributed by atoms with Gasteiger partial charge >= 0.3 is 0 Å². The molecule has 2 aromatic rings. The van der Waals surface area contributed by atoms with Crippen molar-refractivity contribution in [3.05, 3.63) is 47.7 Å². The largest absolute Gasteiger partial charge is 0.460 e. The summed E-state index contributed by atoms with van der Waals surface area (Å²) >= 11 is 0. The van der Waals surface area contributed by atoms with Crippen molar-refractivity contribution in [3.63, 3.8) is 0 Å². The van der Waals surface area contributed by atoms with Crippen molar-refractivity contribution in [3.8, 4) is 11.3 Å². The standard InChI is InChI=1S/C19H27NO2/c1-3-4-5-6-13-20-14-18-11-12-19(22-18)17-9-7-16(8-10-17)15(2)21/h7-12,15,20-21H,3-6,13-14H2,1-2H3. The number of unbranched alkanes of at least 4 members (excludes halogenated alkanes) is 3. The Morgan fingerprint density at radius 3 is 2.50 bits per heavy atom. The van der Waals surface area contributed by atoms with Crippen molar-refractivity contribution in [2.24, 2.45) is 0 Å². The molecule has 120 valence electrons. The highest BCUT2D eigenvalue weighted by Gasteiger charge is 2.06. The smallest absolute Gasteiger partial charge is 0.134 e. The highest BCUT2D eigenvalue weighted by atomic mass is 16.3. The number of aliphatic hydroxyl groups is 1. The molecule has 0 fully saturated rings. The lowest BCUT2D eigenvalue weighted by atomic mass is 10.1. The predicted octanol–water partition coefficient (Wildman–Crippen LogP) is 4.67. The molecule has 0 aliphatic heterocycles. The summed E-state index contributed by atoms with van der Waals surface area (Å²) in [5.74, 6) is 1.84. The van der Waals surface area contributed by atoms with E-state index in [-0.39, 0.29) is 0 Å². The lowest BCUT2D eigenvalue weighted by Crippen LogP contribution is -2.14. The van der Waals surface area contributed by atoms with Gasteiger partial charge in [-0.15, -0.1) is 0 Å². The average molecular weight is 301 g/mol. The third kappa shape index (κ3) is 5.00. The Labute approximate surface area is 133 Å². The Morgan fingerprint density at radius 1 is 1.05 bits per heavy atom. The second-order valence-corrected chi connectivity index (χ2v) is 5.80. The molecule has 1 aromatic heterocycles. The van der Waals surface area contributed by atoms with Gasteiger partial charge in [-0.1, -0.05) is 50.5 Å². The van der Waals surface area contributed by atoms with Gasteiger partial charge in [-0.05, 0) is 37.6 Å². The first-order chi connectivity index (χ1) is 10.7. The average Bonchev–Trinajstić information content (AvgIpc) is 3.00. The summed E-state index contributed by atoms with van der Waals surface area (Å²) in [6.45, 7) is 5.81. The normalized spacial score (nSPS) is 12.5. The molecule has 0 aliphatic rings. The van der Waals surface area contributed by atoms with Gasteiger partial charge in [0.1, 0.15) is 11.5 Å². The maximum Gasteiger partial charge on any atom is 0.134 e. The summed E-state index contributed by atoms with van der Waals surface area (Å²) in [6.07, 6.45) is 4.67. The molecule has 1 unspecified atom stereocenters. The van der Waals surface area contributed by atoms with Gasteiger partial charge < -0.3 is 14.8 Å². The summed E-state index contributed by atoms with van der Waals surface area (Å²) < 4.78 is 5.87. The Balaban J connectivity index is 1.83. The van der Waals surface area contributed by atoms with E-state index in [1.807, 2.05) is 36.4 Å². The minimum Gasteiger partial charge on any atom is -0.460 e. The zero-order chi connectivity index (χ0) is 15.8.